The molecule has 0 atom stereocenters. The van der Waals surface area contributed by atoms with Crippen molar-refractivity contribution < 1.29 is 4.74 Å². The molecule has 0 unspecified atom stereocenters. The number of hydrogen-bond acceptors (Lipinski definition) is 3. The van der Waals surface area contributed by atoms with Crippen molar-refractivity contribution >= 4 is 28.3 Å². The molecule has 0 saturated carbocycles. The summed E-state index contributed by atoms with van der Waals surface area (Å²) in [5, 5.41) is 4.99. The lowest BCUT2D eigenvalue weighted by atomic mass is 10.1. The number of benzene rings is 1. The van der Waals surface area contributed by atoms with Gasteiger partial charge < -0.3 is 10.1 Å². The molecule has 0 aliphatic rings. The number of halogens is 1. The Bertz CT molecular complexity index is 584. The molecule has 1 N–H and O–H groups in total. The van der Waals surface area contributed by atoms with E-state index in [-0.39, 0.29) is 0 Å². The molecule has 2 aromatic rings. The molecular formula is C15H19ClN2O. The summed E-state index contributed by atoms with van der Waals surface area (Å²) in [6.07, 6.45) is 2.10. The molecule has 19 heavy (non-hydrogen) atoms. The van der Waals surface area contributed by atoms with Crippen molar-refractivity contribution in [2.45, 2.75) is 26.7 Å². The maximum absolute atomic E-state index is 6.17. The number of pyridine rings is 1. The van der Waals surface area contributed by atoms with Crippen molar-refractivity contribution in [3.05, 3.63) is 28.8 Å². The molecule has 0 saturated heterocycles. The molecule has 0 aliphatic carbocycles. The van der Waals surface area contributed by atoms with Crippen molar-refractivity contribution in [3.63, 3.8) is 0 Å². The molecule has 0 spiro atoms. The standard InChI is InChI=1S/C15H19ClN2O/c1-4-6-10-7-11-8-12(16)14(19-3)9-13(11)18-15(10)17-5-2/h7-9H,4-6H2,1-3H3,(H,17,18). The van der Waals surface area contributed by atoms with Gasteiger partial charge in [-0.2, -0.15) is 0 Å². The van der Waals surface area contributed by atoms with E-state index in [0.29, 0.717) is 10.8 Å². The number of methoxy groups -OCH3 is 1. The van der Waals surface area contributed by atoms with Crippen molar-refractivity contribution in [3.8, 4) is 5.75 Å². The maximum atomic E-state index is 6.17. The van der Waals surface area contributed by atoms with Gasteiger partial charge in [0.2, 0.25) is 0 Å². The van der Waals surface area contributed by atoms with Crippen LogP contribution in [0.1, 0.15) is 25.8 Å². The Labute approximate surface area is 118 Å². The summed E-state index contributed by atoms with van der Waals surface area (Å²) in [6, 6.07) is 5.96. The summed E-state index contributed by atoms with van der Waals surface area (Å²) in [5.74, 6) is 1.62. The third-order valence-corrected chi connectivity index (χ3v) is 3.33. The quantitative estimate of drug-likeness (QED) is 0.886. The first-order chi connectivity index (χ1) is 9.19. The Morgan fingerprint density at radius 2 is 2.05 bits per heavy atom. The third-order valence-electron chi connectivity index (χ3n) is 3.03. The monoisotopic (exact) mass is 278 g/mol. The van der Waals surface area contributed by atoms with Crippen LogP contribution in [0, 0.1) is 0 Å². The van der Waals surface area contributed by atoms with Crippen LogP contribution in [0.3, 0.4) is 0 Å². The van der Waals surface area contributed by atoms with Crippen LogP contribution < -0.4 is 10.1 Å². The summed E-state index contributed by atoms with van der Waals surface area (Å²) in [7, 11) is 1.61. The number of ether oxygens (including phenoxy) is 1. The molecule has 1 aromatic carbocycles. The van der Waals surface area contributed by atoms with E-state index in [1.54, 1.807) is 7.11 Å². The van der Waals surface area contributed by atoms with Crippen LogP contribution in [0.2, 0.25) is 5.02 Å². The number of nitrogens with one attached hydrogen (secondary N) is 1. The smallest absolute Gasteiger partial charge is 0.139 e. The molecule has 0 fully saturated rings. The zero-order valence-corrected chi connectivity index (χ0v) is 12.3. The number of hydrogen-bond donors (Lipinski definition) is 1. The molecule has 3 nitrogen and oxygen atoms in total. The second-order valence-electron chi connectivity index (χ2n) is 4.46. The van der Waals surface area contributed by atoms with Gasteiger partial charge in [0.1, 0.15) is 11.6 Å². The van der Waals surface area contributed by atoms with Gasteiger partial charge in [-0.15, -0.1) is 0 Å². The average Bonchev–Trinajstić information content (AvgIpc) is 2.40. The van der Waals surface area contributed by atoms with E-state index in [9.17, 15) is 0 Å². The third kappa shape index (κ3) is 2.92. The first kappa shape index (κ1) is 13.9. The highest BCUT2D eigenvalue weighted by atomic mass is 35.5. The van der Waals surface area contributed by atoms with Crippen LogP contribution in [0.15, 0.2) is 18.2 Å². The fourth-order valence-electron chi connectivity index (χ4n) is 2.16. The van der Waals surface area contributed by atoms with E-state index < -0.39 is 0 Å². The first-order valence-electron chi connectivity index (χ1n) is 6.60. The van der Waals surface area contributed by atoms with Gasteiger partial charge >= 0.3 is 0 Å². The highest BCUT2D eigenvalue weighted by Gasteiger charge is 2.09. The number of aryl methyl sites for hydroxylation is 1. The normalized spacial score (nSPS) is 10.7. The molecule has 0 amide bonds. The topological polar surface area (TPSA) is 34.1 Å². The second kappa shape index (κ2) is 6.11. The van der Waals surface area contributed by atoms with E-state index in [1.807, 2.05) is 12.1 Å². The van der Waals surface area contributed by atoms with E-state index in [1.165, 1.54) is 5.56 Å². The highest BCUT2D eigenvalue weighted by Crippen LogP contribution is 2.31. The van der Waals surface area contributed by atoms with Crippen LogP contribution >= 0.6 is 11.6 Å². The molecule has 0 aliphatic heterocycles. The zero-order valence-electron chi connectivity index (χ0n) is 11.6. The second-order valence-corrected chi connectivity index (χ2v) is 4.86. The van der Waals surface area contributed by atoms with Crippen LogP contribution in [0.25, 0.3) is 10.9 Å². The van der Waals surface area contributed by atoms with Gasteiger partial charge in [-0.05, 0) is 31.0 Å². The minimum atomic E-state index is 0.621. The molecule has 1 heterocycles. The summed E-state index contributed by atoms with van der Waals surface area (Å²) in [6.45, 7) is 5.10. The summed E-state index contributed by atoms with van der Waals surface area (Å²) < 4.78 is 5.24. The number of rotatable bonds is 5. The summed E-state index contributed by atoms with van der Waals surface area (Å²) >= 11 is 6.17. The minimum Gasteiger partial charge on any atom is -0.495 e. The van der Waals surface area contributed by atoms with Crippen LogP contribution in [-0.4, -0.2) is 18.6 Å². The lowest BCUT2D eigenvalue weighted by Crippen LogP contribution is -2.04. The number of fused-ring (bicyclic) bond motifs is 1. The molecule has 0 bridgehead atoms. The SMILES string of the molecule is CCCc1cc2cc(Cl)c(OC)cc2nc1NCC. The van der Waals surface area contributed by atoms with E-state index >= 15 is 0 Å². The van der Waals surface area contributed by atoms with Gasteiger partial charge in [0, 0.05) is 18.0 Å². The van der Waals surface area contributed by atoms with Gasteiger partial charge in [0.25, 0.3) is 0 Å². The lowest BCUT2D eigenvalue weighted by molar-refractivity contribution is 0.415. The predicted molar refractivity (Wildman–Crippen MR) is 81.5 cm³/mol. The Morgan fingerprint density at radius 1 is 1.26 bits per heavy atom. The lowest BCUT2D eigenvalue weighted by Gasteiger charge is -2.12. The minimum absolute atomic E-state index is 0.621. The largest absolute Gasteiger partial charge is 0.495 e. The highest BCUT2D eigenvalue weighted by molar-refractivity contribution is 6.32. The van der Waals surface area contributed by atoms with Gasteiger partial charge in [-0.3, -0.25) is 0 Å². The number of aromatic nitrogens is 1. The zero-order chi connectivity index (χ0) is 13.8. The Morgan fingerprint density at radius 3 is 2.68 bits per heavy atom. The molecule has 2 rings (SSSR count). The maximum Gasteiger partial charge on any atom is 0.139 e. The number of anilines is 1. The van der Waals surface area contributed by atoms with Crippen LogP contribution in [0.5, 0.6) is 5.75 Å². The number of nitrogens with zero attached hydrogens (tertiary/aromatic N) is 1. The summed E-state index contributed by atoms with van der Waals surface area (Å²) in [4.78, 5) is 4.68. The van der Waals surface area contributed by atoms with E-state index in [0.717, 1.165) is 36.1 Å². The Balaban J connectivity index is 2.59. The van der Waals surface area contributed by atoms with Crippen LogP contribution in [-0.2, 0) is 6.42 Å². The van der Waals surface area contributed by atoms with Gasteiger partial charge in [0.15, 0.2) is 0 Å². The van der Waals surface area contributed by atoms with Crippen molar-refractivity contribution in [1.29, 1.82) is 0 Å². The Hall–Kier alpha value is -1.48. The van der Waals surface area contributed by atoms with Gasteiger partial charge in [-0.1, -0.05) is 24.9 Å². The van der Waals surface area contributed by atoms with Crippen molar-refractivity contribution in [1.82, 2.24) is 4.98 Å². The predicted octanol–water partition coefficient (Wildman–Crippen LogP) is 4.28. The molecule has 4 heteroatoms. The average molecular weight is 279 g/mol. The first-order valence-corrected chi connectivity index (χ1v) is 6.98. The van der Waals surface area contributed by atoms with E-state index in [4.69, 9.17) is 16.3 Å². The van der Waals surface area contributed by atoms with Crippen molar-refractivity contribution in [2.24, 2.45) is 0 Å². The van der Waals surface area contributed by atoms with Gasteiger partial charge in [0.05, 0.1) is 17.6 Å². The molecular weight excluding hydrogens is 260 g/mol. The van der Waals surface area contributed by atoms with E-state index in [2.05, 4.69) is 30.2 Å². The fraction of sp³-hybridized carbons (Fsp3) is 0.400. The summed E-state index contributed by atoms with van der Waals surface area (Å²) in [5.41, 5.74) is 2.13. The van der Waals surface area contributed by atoms with Crippen molar-refractivity contribution in [2.75, 3.05) is 19.0 Å². The molecule has 102 valence electrons. The van der Waals surface area contributed by atoms with Crippen LogP contribution in [0.4, 0.5) is 5.82 Å². The molecule has 1 aromatic heterocycles. The fourth-order valence-corrected chi connectivity index (χ4v) is 2.40. The molecule has 0 radical (unpaired) electrons. The van der Waals surface area contributed by atoms with Gasteiger partial charge in [-0.25, -0.2) is 4.98 Å². The Kier molecular flexibility index (Phi) is 4.48.